The van der Waals surface area contributed by atoms with Crippen molar-refractivity contribution >= 4 is 23.1 Å². The summed E-state index contributed by atoms with van der Waals surface area (Å²) in [7, 11) is 0. The molecule has 1 N–H and O–H groups in total. The van der Waals surface area contributed by atoms with Gasteiger partial charge in [0.1, 0.15) is 11.6 Å². The van der Waals surface area contributed by atoms with Crippen molar-refractivity contribution in [3.05, 3.63) is 77.5 Å². The van der Waals surface area contributed by atoms with Crippen molar-refractivity contribution in [2.75, 3.05) is 16.8 Å². The minimum absolute atomic E-state index is 0.0463. The topological polar surface area (TPSA) is 58.1 Å². The number of para-hydroxylation sites is 1. The van der Waals surface area contributed by atoms with Crippen LogP contribution < -0.4 is 10.2 Å². The summed E-state index contributed by atoms with van der Waals surface area (Å²) < 4.78 is 26.6. The molecule has 2 heterocycles. The second kappa shape index (κ2) is 6.51. The number of nitrogens with one attached hydrogen (secondary N) is 1. The number of fused-ring (bicyclic) bond motifs is 1. The van der Waals surface area contributed by atoms with E-state index in [1.165, 1.54) is 11.6 Å². The second-order valence-electron chi connectivity index (χ2n) is 5.89. The van der Waals surface area contributed by atoms with E-state index in [9.17, 15) is 13.6 Å². The number of amides is 1. The zero-order chi connectivity index (χ0) is 18.1. The number of hydrogen-bond acceptors (Lipinski definition) is 4. The molecule has 0 atom stereocenters. The first-order chi connectivity index (χ1) is 12.6. The molecule has 0 saturated heterocycles. The summed E-state index contributed by atoms with van der Waals surface area (Å²) in [5.41, 5.74) is 2.25. The minimum Gasteiger partial charge on any atom is -0.324 e. The Balaban J connectivity index is 1.52. The van der Waals surface area contributed by atoms with E-state index in [2.05, 4.69) is 21.6 Å². The maximum atomic E-state index is 13.6. The van der Waals surface area contributed by atoms with Crippen LogP contribution in [0, 0.1) is 11.6 Å². The SMILES string of the molecule is O=C(Nc1ccc(F)cc1F)c1ccc(N2CCc3ccccc32)nn1. The van der Waals surface area contributed by atoms with E-state index in [-0.39, 0.29) is 11.4 Å². The highest BCUT2D eigenvalue weighted by Crippen LogP contribution is 2.32. The number of anilines is 3. The fourth-order valence-electron chi connectivity index (χ4n) is 2.94. The van der Waals surface area contributed by atoms with E-state index in [1.807, 2.05) is 23.1 Å². The number of aromatic nitrogens is 2. The van der Waals surface area contributed by atoms with Gasteiger partial charge in [-0.2, -0.15) is 0 Å². The Labute approximate surface area is 148 Å². The zero-order valence-electron chi connectivity index (χ0n) is 13.6. The Hall–Kier alpha value is -3.35. The first kappa shape index (κ1) is 16.1. The van der Waals surface area contributed by atoms with Crippen molar-refractivity contribution in [2.24, 2.45) is 0 Å². The third-order valence-electron chi connectivity index (χ3n) is 4.23. The number of halogens is 2. The molecule has 0 radical (unpaired) electrons. The lowest BCUT2D eigenvalue weighted by molar-refractivity contribution is 0.102. The van der Waals surface area contributed by atoms with Gasteiger partial charge in [0.2, 0.25) is 0 Å². The molecule has 130 valence electrons. The molecular formula is C19H14F2N4O. The predicted molar refractivity (Wildman–Crippen MR) is 93.5 cm³/mol. The Morgan fingerprint density at radius 2 is 1.88 bits per heavy atom. The van der Waals surface area contributed by atoms with Gasteiger partial charge >= 0.3 is 0 Å². The monoisotopic (exact) mass is 352 g/mol. The summed E-state index contributed by atoms with van der Waals surface area (Å²) in [6.45, 7) is 0.792. The summed E-state index contributed by atoms with van der Waals surface area (Å²) >= 11 is 0. The van der Waals surface area contributed by atoms with Crippen LogP contribution >= 0.6 is 0 Å². The van der Waals surface area contributed by atoms with Gasteiger partial charge in [0.25, 0.3) is 5.91 Å². The molecule has 1 aliphatic heterocycles. The second-order valence-corrected chi connectivity index (χ2v) is 5.89. The first-order valence-corrected chi connectivity index (χ1v) is 8.07. The van der Waals surface area contributed by atoms with Gasteiger partial charge in [0, 0.05) is 18.3 Å². The first-order valence-electron chi connectivity index (χ1n) is 8.07. The predicted octanol–water partition coefficient (Wildman–Crippen LogP) is 3.70. The van der Waals surface area contributed by atoms with Gasteiger partial charge in [-0.1, -0.05) is 18.2 Å². The van der Waals surface area contributed by atoms with Gasteiger partial charge in [-0.05, 0) is 42.3 Å². The number of carbonyl (C=O) groups excluding carboxylic acids is 1. The molecule has 4 rings (SSSR count). The van der Waals surface area contributed by atoms with E-state index in [1.54, 1.807) is 6.07 Å². The van der Waals surface area contributed by atoms with Crippen molar-refractivity contribution in [1.82, 2.24) is 10.2 Å². The van der Waals surface area contributed by atoms with Crippen LogP contribution in [0.25, 0.3) is 0 Å². The third-order valence-corrected chi connectivity index (χ3v) is 4.23. The maximum absolute atomic E-state index is 13.6. The van der Waals surface area contributed by atoms with Crippen molar-refractivity contribution in [1.29, 1.82) is 0 Å². The van der Waals surface area contributed by atoms with E-state index in [4.69, 9.17) is 0 Å². The number of rotatable bonds is 3. The van der Waals surface area contributed by atoms with Crippen molar-refractivity contribution < 1.29 is 13.6 Å². The summed E-state index contributed by atoms with van der Waals surface area (Å²) in [6.07, 6.45) is 0.921. The van der Waals surface area contributed by atoms with E-state index < -0.39 is 17.5 Å². The average Bonchev–Trinajstić information content (AvgIpc) is 3.08. The molecule has 0 fully saturated rings. The van der Waals surface area contributed by atoms with Gasteiger partial charge in [-0.25, -0.2) is 8.78 Å². The van der Waals surface area contributed by atoms with Crippen LogP contribution in [-0.2, 0) is 6.42 Å². The van der Waals surface area contributed by atoms with Gasteiger partial charge < -0.3 is 10.2 Å². The van der Waals surface area contributed by atoms with Gasteiger partial charge in [-0.15, -0.1) is 10.2 Å². The fourth-order valence-corrected chi connectivity index (χ4v) is 2.94. The molecule has 0 spiro atoms. The molecule has 3 aromatic rings. The highest BCUT2D eigenvalue weighted by molar-refractivity contribution is 6.02. The van der Waals surface area contributed by atoms with Crippen LogP contribution in [-0.4, -0.2) is 22.6 Å². The van der Waals surface area contributed by atoms with Crippen LogP contribution in [0.4, 0.5) is 26.0 Å². The Kier molecular flexibility index (Phi) is 4.04. The number of benzene rings is 2. The Morgan fingerprint density at radius 1 is 1.04 bits per heavy atom. The molecule has 26 heavy (non-hydrogen) atoms. The zero-order valence-corrected chi connectivity index (χ0v) is 13.6. The van der Waals surface area contributed by atoms with Crippen molar-refractivity contribution in [2.45, 2.75) is 6.42 Å². The highest BCUT2D eigenvalue weighted by Gasteiger charge is 2.21. The molecule has 7 heteroatoms. The van der Waals surface area contributed by atoms with Gasteiger partial charge in [-0.3, -0.25) is 4.79 Å². The number of hydrogen-bond donors (Lipinski definition) is 1. The average molecular weight is 352 g/mol. The summed E-state index contributed by atoms with van der Waals surface area (Å²) in [5, 5.41) is 10.4. The normalized spacial score (nSPS) is 12.8. The molecule has 0 unspecified atom stereocenters. The van der Waals surface area contributed by atoms with Gasteiger partial charge in [0.15, 0.2) is 11.5 Å². The highest BCUT2D eigenvalue weighted by atomic mass is 19.1. The van der Waals surface area contributed by atoms with Crippen LogP contribution in [0.3, 0.4) is 0 Å². The molecule has 0 saturated carbocycles. The van der Waals surface area contributed by atoms with Crippen molar-refractivity contribution in [3.8, 4) is 0 Å². The third kappa shape index (κ3) is 2.99. The van der Waals surface area contributed by atoms with Crippen LogP contribution in [0.1, 0.15) is 16.1 Å². The van der Waals surface area contributed by atoms with Crippen molar-refractivity contribution in [3.63, 3.8) is 0 Å². The maximum Gasteiger partial charge on any atom is 0.276 e. The standard InChI is InChI=1S/C19H14F2N4O/c20-13-5-6-15(14(21)11-13)22-19(26)16-7-8-18(24-23-16)25-10-9-12-3-1-2-4-17(12)25/h1-8,11H,9-10H2,(H,22,26). The van der Waals surface area contributed by atoms with E-state index in [0.29, 0.717) is 11.9 Å². The van der Waals surface area contributed by atoms with Crippen LogP contribution in [0.5, 0.6) is 0 Å². The summed E-state index contributed by atoms with van der Waals surface area (Å²) in [5.74, 6) is -1.54. The Bertz CT molecular complexity index is 976. The van der Waals surface area contributed by atoms with Crippen LogP contribution in [0.2, 0.25) is 0 Å². The molecule has 1 aromatic heterocycles. The fraction of sp³-hybridized carbons (Fsp3) is 0.105. The lowest BCUT2D eigenvalue weighted by atomic mass is 10.2. The quantitative estimate of drug-likeness (QED) is 0.781. The number of carbonyl (C=O) groups is 1. The van der Waals surface area contributed by atoms with Gasteiger partial charge in [0.05, 0.1) is 5.69 Å². The molecule has 1 aliphatic rings. The number of nitrogens with zero attached hydrogens (tertiary/aromatic N) is 3. The lowest BCUT2D eigenvalue weighted by Crippen LogP contribution is -2.18. The Morgan fingerprint density at radius 3 is 2.65 bits per heavy atom. The lowest BCUT2D eigenvalue weighted by Gasteiger charge is -2.17. The summed E-state index contributed by atoms with van der Waals surface area (Å²) in [4.78, 5) is 14.2. The molecule has 1 amide bonds. The molecule has 0 bridgehead atoms. The van der Waals surface area contributed by atoms with E-state index in [0.717, 1.165) is 30.8 Å². The molecule has 2 aromatic carbocycles. The minimum atomic E-state index is -0.850. The van der Waals surface area contributed by atoms with E-state index >= 15 is 0 Å². The molecular weight excluding hydrogens is 338 g/mol. The largest absolute Gasteiger partial charge is 0.324 e. The molecule has 0 aliphatic carbocycles. The van der Waals surface area contributed by atoms with Crippen LogP contribution in [0.15, 0.2) is 54.6 Å². The summed E-state index contributed by atoms with van der Waals surface area (Å²) in [6, 6.07) is 14.2. The smallest absolute Gasteiger partial charge is 0.276 e. The molecule has 5 nitrogen and oxygen atoms in total.